The van der Waals surface area contributed by atoms with E-state index in [1.54, 1.807) is 28.4 Å². The third-order valence-electron chi connectivity index (χ3n) is 3.49. The van der Waals surface area contributed by atoms with Crippen molar-refractivity contribution >= 4 is 34.7 Å². The van der Waals surface area contributed by atoms with Gasteiger partial charge in [0.25, 0.3) is 0 Å². The van der Waals surface area contributed by atoms with Gasteiger partial charge >= 0.3 is 5.97 Å². The zero-order chi connectivity index (χ0) is 16.0. The Balaban J connectivity index is 1.64. The number of hydrogen-bond donors (Lipinski definition) is 2. The van der Waals surface area contributed by atoms with E-state index >= 15 is 0 Å². The van der Waals surface area contributed by atoms with Crippen LogP contribution in [-0.4, -0.2) is 36.3 Å². The van der Waals surface area contributed by atoms with Crippen LogP contribution in [0.1, 0.15) is 22.6 Å². The molecule has 0 radical (unpaired) electrons. The molecule has 23 heavy (non-hydrogen) atoms. The molecule has 0 unspecified atom stereocenters. The lowest BCUT2D eigenvalue weighted by Crippen LogP contribution is -2.13. The highest BCUT2D eigenvalue weighted by atomic mass is 32.1. The van der Waals surface area contributed by atoms with Gasteiger partial charge < -0.3 is 14.8 Å². The second kappa shape index (κ2) is 5.13. The van der Waals surface area contributed by atoms with Crippen LogP contribution < -0.4 is 5.32 Å². The first kappa shape index (κ1) is 13.8. The minimum absolute atomic E-state index is 0.00723. The van der Waals surface area contributed by atoms with Gasteiger partial charge in [-0.15, -0.1) is 11.3 Å². The van der Waals surface area contributed by atoms with Crippen LogP contribution in [0.4, 0.5) is 5.82 Å². The zero-order valence-corrected chi connectivity index (χ0v) is 12.6. The van der Waals surface area contributed by atoms with Gasteiger partial charge in [0.2, 0.25) is 10.9 Å². The molecule has 1 saturated carbocycles. The predicted octanol–water partition coefficient (Wildman–Crippen LogP) is 1.90. The van der Waals surface area contributed by atoms with E-state index in [-0.39, 0.29) is 16.8 Å². The Hall–Kier alpha value is -2.81. The molecule has 3 heterocycles. The number of imidazole rings is 1. The van der Waals surface area contributed by atoms with Crippen molar-refractivity contribution in [1.29, 1.82) is 0 Å². The molecule has 1 aliphatic rings. The Morgan fingerprint density at radius 1 is 1.26 bits per heavy atom. The van der Waals surface area contributed by atoms with Crippen molar-refractivity contribution in [3.8, 4) is 11.4 Å². The Labute approximate surface area is 133 Å². The first-order chi connectivity index (χ1) is 11.1. The second-order valence-electron chi connectivity index (χ2n) is 5.27. The van der Waals surface area contributed by atoms with Gasteiger partial charge in [-0.25, -0.2) is 19.7 Å². The Bertz CT molecular complexity index is 928. The van der Waals surface area contributed by atoms with E-state index in [2.05, 4.69) is 20.3 Å². The van der Waals surface area contributed by atoms with E-state index < -0.39 is 5.97 Å². The summed E-state index contributed by atoms with van der Waals surface area (Å²) in [6, 6.07) is 0. The smallest absolute Gasteiger partial charge is 0.365 e. The molecule has 0 bridgehead atoms. The number of nitrogens with zero attached hydrogens (tertiary/aromatic N) is 4. The molecule has 116 valence electrons. The van der Waals surface area contributed by atoms with Gasteiger partial charge in [-0.05, 0) is 12.8 Å². The highest BCUT2D eigenvalue weighted by Crippen LogP contribution is 2.30. The van der Waals surface area contributed by atoms with Gasteiger partial charge in [0.15, 0.2) is 11.5 Å². The summed E-state index contributed by atoms with van der Waals surface area (Å²) < 4.78 is 1.73. The maximum absolute atomic E-state index is 11.8. The normalized spacial score (nSPS) is 14.1. The Morgan fingerprint density at radius 3 is 2.78 bits per heavy atom. The lowest BCUT2D eigenvalue weighted by Gasteiger charge is -1.97. The number of amides is 1. The van der Waals surface area contributed by atoms with Crippen LogP contribution in [0.15, 0.2) is 24.0 Å². The second-order valence-corrected chi connectivity index (χ2v) is 6.13. The topological polar surface area (TPSA) is 109 Å². The third-order valence-corrected chi connectivity index (χ3v) is 4.32. The molecule has 0 atom stereocenters. The molecular weight excluding hydrogens is 318 g/mol. The predicted molar refractivity (Wildman–Crippen MR) is 82.4 cm³/mol. The van der Waals surface area contributed by atoms with Crippen LogP contribution in [0.2, 0.25) is 0 Å². The number of carboxylic acids is 1. The molecule has 1 fully saturated rings. The van der Waals surface area contributed by atoms with E-state index in [4.69, 9.17) is 5.11 Å². The molecule has 3 aromatic rings. The van der Waals surface area contributed by atoms with Gasteiger partial charge in [-0.2, -0.15) is 0 Å². The summed E-state index contributed by atoms with van der Waals surface area (Å²) in [6.07, 6.45) is 6.82. The molecule has 0 spiro atoms. The average molecular weight is 329 g/mol. The number of anilines is 1. The number of hydrogen-bond acceptors (Lipinski definition) is 6. The molecule has 2 N–H and O–H groups in total. The SMILES string of the molecule is O=C(O)c1nc(-c2cn3cc(NC(=O)C4CC4)nc3cn2)cs1. The number of aromatic nitrogens is 4. The summed E-state index contributed by atoms with van der Waals surface area (Å²) in [5, 5.41) is 13.4. The van der Waals surface area contributed by atoms with Crippen molar-refractivity contribution in [2.45, 2.75) is 12.8 Å². The van der Waals surface area contributed by atoms with Gasteiger partial charge in [-0.1, -0.05) is 0 Å². The van der Waals surface area contributed by atoms with E-state index in [9.17, 15) is 9.59 Å². The van der Waals surface area contributed by atoms with E-state index in [0.29, 0.717) is 22.9 Å². The molecule has 9 heteroatoms. The molecule has 0 aliphatic heterocycles. The fraction of sp³-hybridized carbons (Fsp3) is 0.214. The van der Waals surface area contributed by atoms with Gasteiger partial charge in [0.05, 0.1) is 12.4 Å². The van der Waals surface area contributed by atoms with Gasteiger partial charge in [-0.3, -0.25) is 4.79 Å². The first-order valence-electron chi connectivity index (χ1n) is 6.95. The van der Waals surface area contributed by atoms with Crippen molar-refractivity contribution in [3.63, 3.8) is 0 Å². The molecular formula is C14H11N5O3S. The number of nitrogens with one attached hydrogen (secondary N) is 1. The summed E-state index contributed by atoms with van der Waals surface area (Å²) in [7, 11) is 0. The number of carboxylic acid groups (broad SMARTS) is 1. The number of fused-ring (bicyclic) bond motifs is 1. The minimum atomic E-state index is -1.06. The Morgan fingerprint density at radius 2 is 2.09 bits per heavy atom. The number of carbonyl (C=O) groups excluding carboxylic acids is 1. The fourth-order valence-electron chi connectivity index (χ4n) is 2.16. The molecule has 0 saturated heterocycles. The monoisotopic (exact) mass is 329 g/mol. The number of carbonyl (C=O) groups is 2. The lowest BCUT2D eigenvalue weighted by molar-refractivity contribution is -0.117. The minimum Gasteiger partial charge on any atom is -0.476 e. The average Bonchev–Trinajstić information content (AvgIpc) is 3.11. The molecule has 1 aliphatic carbocycles. The van der Waals surface area contributed by atoms with Crippen molar-refractivity contribution in [2.75, 3.05) is 5.32 Å². The maximum Gasteiger partial charge on any atom is 0.365 e. The van der Waals surface area contributed by atoms with Gasteiger partial charge in [0.1, 0.15) is 11.4 Å². The highest BCUT2D eigenvalue weighted by Gasteiger charge is 2.30. The fourth-order valence-corrected chi connectivity index (χ4v) is 2.80. The number of rotatable bonds is 4. The van der Waals surface area contributed by atoms with Crippen LogP contribution >= 0.6 is 11.3 Å². The van der Waals surface area contributed by atoms with Crippen LogP contribution in [0.5, 0.6) is 0 Å². The van der Waals surface area contributed by atoms with Crippen molar-refractivity contribution in [2.24, 2.45) is 5.92 Å². The first-order valence-corrected chi connectivity index (χ1v) is 7.83. The van der Waals surface area contributed by atoms with E-state index in [1.807, 2.05) is 0 Å². The third kappa shape index (κ3) is 2.66. The molecule has 8 nitrogen and oxygen atoms in total. The summed E-state index contributed by atoms with van der Waals surface area (Å²) >= 11 is 1.05. The largest absolute Gasteiger partial charge is 0.476 e. The lowest BCUT2D eigenvalue weighted by atomic mass is 10.3. The van der Waals surface area contributed by atoms with Crippen LogP contribution in [0, 0.1) is 5.92 Å². The quantitative estimate of drug-likeness (QED) is 0.756. The number of thiazole rings is 1. The number of aromatic carboxylic acids is 1. The van der Waals surface area contributed by atoms with Crippen molar-refractivity contribution in [3.05, 3.63) is 29.0 Å². The van der Waals surface area contributed by atoms with Crippen LogP contribution in [0.3, 0.4) is 0 Å². The summed E-state index contributed by atoms with van der Waals surface area (Å²) in [5.74, 6) is -0.481. The summed E-state index contributed by atoms with van der Waals surface area (Å²) in [5.41, 5.74) is 1.62. The van der Waals surface area contributed by atoms with E-state index in [1.165, 1.54) is 0 Å². The zero-order valence-electron chi connectivity index (χ0n) is 11.8. The standard InChI is InChI=1S/C14H11N5O3S/c20-12(7-1-2-7)18-10-5-19-4-8(15-3-11(19)17-10)9-6-23-13(16-9)14(21)22/h3-7H,1-2H2,(H,18,20)(H,21,22). The van der Waals surface area contributed by atoms with E-state index in [0.717, 1.165) is 24.2 Å². The molecule has 0 aromatic carbocycles. The molecule has 3 aromatic heterocycles. The molecule has 4 rings (SSSR count). The van der Waals surface area contributed by atoms with Crippen molar-refractivity contribution in [1.82, 2.24) is 19.4 Å². The summed E-state index contributed by atoms with van der Waals surface area (Å²) in [4.78, 5) is 35.2. The van der Waals surface area contributed by atoms with Gasteiger partial charge in [0, 0.05) is 17.5 Å². The highest BCUT2D eigenvalue weighted by molar-refractivity contribution is 7.11. The Kier molecular flexibility index (Phi) is 3.08. The van der Waals surface area contributed by atoms with Crippen molar-refractivity contribution < 1.29 is 14.7 Å². The summed E-state index contributed by atoms with van der Waals surface area (Å²) in [6.45, 7) is 0. The molecule has 1 amide bonds. The van der Waals surface area contributed by atoms with Crippen LogP contribution in [0.25, 0.3) is 17.0 Å². The maximum atomic E-state index is 11.8. The van der Waals surface area contributed by atoms with Crippen LogP contribution in [-0.2, 0) is 4.79 Å².